The highest BCUT2D eigenvalue weighted by molar-refractivity contribution is 5.78. The van der Waals surface area contributed by atoms with Gasteiger partial charge in [0.25, 0.3) is 0 Å². The third-order valence-corrected chi connectivity index (χ3v) is 2.85. The summed E-state index contributed by atoms with van der Waals surface area (Å²) in [5.41, 5.74) is 5.92. The Morgan fingerprint density at radius 1 is 1.43 bits per heavy atom. The minimum Gasteiger partial charge on any atom is -0.370 e. The summed E-state index contributed by atoms with van der Waals surface area (Å²) in [7, 11) is 2.06. The topological polar surface area (TPSA) is 41.6 Å². The van der Waals surface area contributed by atoms with E-state index in [1.54, 1.807) is 0 Å². The number of nitrogens with zero attached hydrogens (tertiary/aromatic N) is 2. The Hall–Kier alpha value is -0.730. The first-order valence-electron chi connectivity index (χ1n) is 5.64. The van der Waals surface area contributed by atoms with Crippen molar-refractivity contribution in [3.63, 3.8) is 0 Å². The molecule has 0 atom stereocenters. The van der Waals surface area contributed by atoms with Gasteiger partial charge in [-0.05, 0) is 18.8 Å². The van der Waals surface area contributed by atoms with Crippen LogP contribution < -0.4 is 5.73 Å². The molecule has 1 fully saturated rings. The number of rotatable bonds is 3. The molecule has 1 rings (SSSR count). The lowest BCUT2D eigenvalue weighted by atomic mass is 10.2. The molecule has 1 aliphatic rings. The summed E-state index contributed by atoms with van der Waals surface area (Å²) in [5, 5.41) is 0. The monoisotopic (exact) mass is 197 g/mol. The van der Waals surface area contributed by atoms with Crippen LogP contribution in [0.25, 0.3) is 0 Å². The summed E-state index contributed by atoms with van der Waals surface area (Å²) in [6, 6.07) is 0.630. The SMILES string of the molecule is CC(C)CN=C(N)N(C)C1CCCC1. The molecule has 0 unspecified atom stereocenters. The van der Waals surface area contributed by atoms with Crippen LogP contribution >= 0.6 is 0 Å². The molecule has 0 amide bonds. The van der Waals surface area contributed by atoms with Crippen molar-refractivity contribution in [2.24, 2.45) is 16.6 Å². The third kappa shape index (κ3) is 3.20. The van der Waals surface area contributed by atoms with Crippen LogP contribution in [0.5, 0.6) is 0 Å². The molecule has 0 heterocycles. The fourth-order valence-electron chi connectivity index (χ4n) is 1.87. The second kappa shape index (κ2) is 5.23. The molecule has 3 heteroatoms. The smallest absolute Gasteiger partial charge is 0.191 e. The van der Waals surface area contributed by atoms with Crippen LogP contribution in [-0.2, 0) is 0 Å². The lowest BCUT2D eigenvalue weighted by Gasteiger charge is -2.25. The van der Waals surface area contributed by atoms with Crippen molar-refractivity contribution < 1.29 is 0 Å². The van der Waals surface area contributed by atoms with Crippen LogP contribution in [-0.4, -0.2) is 30.5 Å². The molecule has 0 radical (unpaired) electrons. The fraction of sp³-hybridized carbons (Fsp3) is 0.909. The first-order chi connectivity index (χ1) is 6.61. The van der Waals surface area contributed by atoms with Gasteiger partial charge in [0, 0.05) is 19.6 Å². The van der Waals surface area contributed by atoms with Crippen molar-refractivity contribution in [2.75, 3.05) is 13.6 Å². The van der Waals surface area contributed by atoms with Crippen molar-refractivity contribution in [3.8, 4) is 0 Å². The molecule has 0 aliphatic heterocycles. The third-order valence-electron chi connectivity index (χ3n) is 2.85. The Morgan fingerprint density at radius 2 is 2.00 bits per heavy atom. The predicted molar refractivity (Wildman–Crippen MR) is 61.3 cm³/mol. The Labute approximate surface area is 87.4 Å². The highest BCUT2D eigenvalue weighted by atomic mass is 15.3. The minimum atomic E-state index is 0.588. The van der Waals surface area contributed by atoms with Gasteiger partial charge in [-0.3, -0.25) is 4.99 Å². The van der Waals surface area contributed by atoms with Gasteiger partial charge in [0.05, 0.1) is 0 Å². The molecule has 2 N–H and O–H groups in total. The molecule has 3 nitrogen and oxygen atoms in total. The van der Waals surface area contributed by atoms with E-state index >= 15 is 0 Å². The maximum absolute atomic E-state index is 5.92. The Bertz CT molecular complexity index is 193. The van der Waals surface area contributed by atoms with Crippen molar-refractivity contribution in [3.05, 3.63) is 0 Å². The Kier molecular flexibility index (Phi) is 4.23. The average Bonchev–Trinajstić information content (AvgIpc) is 2.65. The molecule has 1 aliphatic carbocycles. The zero-order valence-corrected chi connectivity index (χ0v) is 9.66. The van der Waals surface area contributed by atoms with Crippen molar-refractivity contribution >= 4 is 5.96 Å². The van der Waals surface area contributed by atoms with Gasteiger partial charge in [0.15, 0.2) is 5.96 Å². The van der Waals surface area contributed by atoms with E-state index in [0.29, 0.717) is 17.9 Å². The number of guanidine groups is 1. The molecule has 14 heavy (non-hydrogen) atoms. The zero-order valence-electron chi connectivity index (χ0n) is 9.66. The molecular formula is C11H23N3. The minimum absolute atomic E-state index is 0.588. The van der Waals surface area contributed by atoms with Crippen molar-refractivity contribution in [1.82, 2.24) is 4.90 Å². The summed E-state index contributed by atoms with van der Waals surface area (Å²) in [6.07, 6.45) is 5.22. The lowest BCUT2D eigenvalue weighted by Crippen LogP contribution is -2.40. The van der Waals surface area contributed by atoms with E-state index < -0.39 is 0 Å². The fourth-order valence-corrected chi connectivity index (χ4v) is 1.87. The summed E-state index contributed by atoms with van der Waals surface area (Å²) in [5.74, 6) is 1.30. The van der Waals surface area contributed by atoms with E-state index in [1.807, 2.05) is 0 Å². The quantitative estimate of drug-likeness (QED) is 0.554. The van der Waals surface area contributed by atoms with E-state index in [1.165, 1.54) is 25.7 Å². The molecule has 0 spiro atoms. The average molecular weight is 197 g/mol. The van der Waals surface area contributed by atoms with Crippen LogP contribution in [0, 0.1) is 5.92 Å². The van der Waals surface area contributed by atoms with Gasteiger partial charge in [0.2, 0.25) is 0 Å². The molecule has 0 bridgehead atoms. The first kappa shape index (κ1) is 11.3. The van der Waals surface area contributed by atoms with Crippen LogP contribution in [0.1, 0.15) is 39.5 Å². The van der Waals surface area contributed by atoms with Gasteiger partial charge >= 0.3 is 0 Å². The van der Waals surface area contributed by atoms with Gasteiger partial charge < -0.3 is 10.6 Å². The molecule has 1 saturated carbocycles. The predicted octanol–water partition coefficient (Wildman–Crippen LogP) is 1.83. The maximum atomic E-state index is 5.92. The number of nitrogens with two attached hydrogens (primary N) is 1. The molecular weight excluding hydrogens is 174 g/mol. The summed E-state index contributed by atoms with van der Waals surface area (Å²) < 4.78 is 0. The second-order valence-electron chi connectivity index (χ2n) is 4.64. The van der Waals surface area contributed by atoms with Crippen LogP contribution in [0.2, 0.25) is 0 Å². The van der Waals surface area contributed by atoms with Gasteiger partial charge in [-0.25, -0.2) is 0 Å². The largest absolute Gasteiger partial charge is 0.370 e. The van der Waals surface area contributed by atoms with Crippen molar-refractivity contribution in [1.29, 1.82) is 0 Å². The number of hydrogen-bond donors (Lipinski definition) is 1. The van der Waals surface area contributed by atoms with Gasteiger partial charge in [0.1, 0.15) is 0 Å². The highest BCUT2D eigenvalue weighted by Gasteiger charge is 2.20. The zero-order chi connectivity index (χ0) is 10.6. The molecule has 0 aromatic rings. The first-order valence-corrected chi connectivity index (χ1v) is 5.64. The van der Waals surface area contributed by atoms with Gasteiger partial charge in [-0.1, -0.05) is 26.7 Å². The molecule has 0 aromatic carbocycles. The Morgan fingerprint density at radius 3 is 2.50 bits per heavy atom. The summed E-state index contributed by atoms with van der Waals surface area (Å²) in [4.78, 5) is 6.54. The summed E-state index contributed by atoms with van der Waals surface area (Å²) >= 11 is 0. The van der Waals surface area contributed by atoms with E-state index in [4.69, 9.17) is 5.73 Å². The molecule has 0 saturated heterocycles. The highest BCUT2D eigenvalue weighted by Crippen LogP contribution is 2.21. The lowest BCUT2D eigenvalue weighted by molar-refractivity contribution is 0.366. The molecule has 82 valence electrons. The number of hydrogen-bond acceptors (Lipinski definition) is 1. The van der Waals surface area contributed by atoms with Crippen LogP contribution in [0.4, 0.5) is 0 Å². The van der Waals surface area contributed by atoms with E-state index in [9.17, 15) is 0 Å². The summed E-state index contributed by atoms with van der Waals surface area (Å²) in [6.45, 7) is 5.15. The molecule has 0 aromatic heterocycles. The van der Waals surface area contributed by atoms with E-state index in [0.717, 1.165) is 6.54 Å². The van der Waals surface area contributed by atoms with Gasteiger partial charge in [-0.2, -0.15) is 0 Å². The second-order valence-corrected chi connectivity index (χ2v) is 4.64. The van der Waals surface area contributed by atoms with Crippen LogP contribution in [0.3, 0.4) is 0 Å². The Balaban J connectivity index is 2.41. The number of aliphatic imine (C=N–C) groups is 1. The van der Waals surface area contributed by atoms with Crippen LogP contribution in [0.15, 0.2) is 4.99 Å². The van der Waals surface area contributed by atoms with Crippen molar-refractivity contribution in [2.45, 2.75) is 45.6 Å². The van der Waals surface area contributed by atoms with Gasteiger partial charge in [-0.15, -0.1) is 0 Å². The standard InChI is InChI=1S/C11H23N3/c1-9(2)8-13-11(12)14(3)10-6-4-5-7-10/h9-10H,4-8H2,1-3H3,(H2,12,13). The van der Waals surface area contributed by atoms with E-state index in [2.05, 4.69) is 30.8 Å². The maximum Gasteiger partial charge on any atom is 0.191 e. The normalized spacial score (nSPS) is 19.3. The van der Waals surface area contributed by atoms with E-state index in [-0.39, 0.29) is 0 Å².